The van der Waals surface area contributed by atoms with Crippen molar-refractivity contribution in [2.75, 3.05) is 4.90 Å². The van der Waals surface area contributed by atoms with E-state index in [2.05, 4.69) is 208 Å². The number of benzene rings is 8. The van der Waals surface area contributed by atoms with Crippen LogP contribution in [0.3, 0.4) is 0 Å². The van der Waals surface area contributed by atoms with Gasteiger partial charge in [0.1, 0.15) is 0 Å². The first-order valence-electron chi connectivity index (χ1n) is 18.0. The summed E-state index contributed by atoms with van der Waals surface area (Å²) in [7, 11) is 0. The van der Waals surface area contributed by atoms with E-state index in [-0.39, 0.29) is 5.41 Å². The summed E-state index contributed by atoms with van der Waals surface area (Å²) in [5.41, 5.74) is 12.1. The van der Waals surface area contributed by atoms with Crippen LogP contribution in [0, 0.1) is 0 Å². The lowest BCUT2D eigenvalue weighted by atomic mass is 9.85. The van der Waals surface area contributed by atoms with Crippen LogP contribution < -0.4 is 4.90 Å². The molecule has 0 atom stereocenters. The number of rotatable bonds is 6. The normalized spacial score (nSPS) is 11.8. The lowest BCUT2D eigenvalue weighted by molar-refractivity contribution is 0.591. The SMILES string of the molecule is CC(C)(C)c1ccccc1N(c1ccccc1-c1cccc2ccccc12)c1cccc2sc3ccc(-c4ccc(-c5ccccc5)cc4)cc3c12. The van der Waals surface area contributed by atoms with Crippen molar-refractivity contribution in [1.29, 1.82) is 0 Å². The van der Waals surface area contributed by atoms with E-state index in [9.17, 15) is 0 Å². The van der Waals surface area contributed by atoms with Crippen molar-refractivity contribution in [3.8, 4) is 33.4 Å². The summed E-state index contributed by atoms with van der Waals surface area (Å²) in [6.07, 6.45) is 0. The quantitative estimate of drug-likeness (QED) is 0.168. The van der Waals surface area contributed by atoms with Crippen molar-refractivity contribution in [2.45, 2.75) is 26.2 Å². The molecule has 2 heteroatoms. The fourth-order valence-electron chi connectivity index (χ4n) is 7.71. The lowest BCUT2D eigenvalue weighted by Crippen LogP contribution is -2.19. The maximum absolute atomic E-state index is 2.54. The minimum absolute atomic E-state index is 0.0765. The Balaban J connectivity index is 1.29. The van der Waals surface area contributed by atoms with Crippen molar-refractivity contribution in [3.63, 3.8) is 0 Å². The molecule has 0 aliphatic rings. The third-order valence-corrected chi connectivity index (χ3v) is 11.4. The van der Waals surface area contributed by atoms with Gasteiger partial charge < -0.3 is 4.90 Å². The van der Waals surface area contributed by atoms with Gasteiger partial charge in [-0.05, 0) is 86.0 Å². The van der Waals surface area contributed by atoms with Crippen molar-refractivity contribution in [2.24, 2.45) is 0 Å². The maximum atomic E-state index is 2.54. The van der Waals surface area contributed by atoms with Crippen molar-refractivity contribution in [3.05, 3.63) is 188 Å². The second kappa shape index (κ2) is 13.0. The third kappa shape index (κ3) is 5.66. The van der Waals surface area contributed by atoms with Gasteiger partial charge in [0.2, 0.25) is 0 Å². The van der Waals surface area contributed by atoms with Crippen LogP contribution in [-0.4, -0.2) is 0 Å². The summed E-state index contributed by atoms with van der Waals surface area (Å²) >= 11 is 1.87. The molecule has 0 amide bonds. The molecule has 0 unspecified atom stereocenters. The minimum atomic E-state index is -0.0765. The number of hydrogen-bond acceptors (Lipinski definition) is 2. The van der Waals surface area contributed by atoms with E-state index >= 15 is 0 Å². The van der Waals surface area contributed by atoms with E-state index in [1.54, 1.807) is 0 Å². The molecule has 0 N–H and O–H groups in total. The second-order valence-electron chi connectivity index (χ2n) is 14.6. The molecule has 0 aliphatic carbocycles. The van der Waals surface area contributed by atoms with Gasteiger partial charge in [-0.1, -0.05) is 166 Å². The van der Waals surface area contributed by atoms with Gasteiger partial charge >= 0.3 is 0 Å². The van der Waals surface area contributed by atoms with E-state index in [0.29, 0.717) is 0 Å². The molecule has 52 heavy (non-hydrogen) atoms. The fourth-order valence-corrected chi connectivity index (χ4v) is 8.82. The van der Waals surface area contributed by atoms with Crippen LogP contribution in [0.4, 0.5) is 17.1 Å². The van der Waals surface area contributed by atoms with E-state index < -0.39 is 0 Å². The zero-order valence-corrected chi connectivity index (χ0v) is 30.5. The molecule has 0 radical (unpaired) electrons. The van der Waals surface area contributed by atoms with Crippen molar-refractivity contribution in [1.82, 2.24) is 0 Å². The highest BCUT2D eigenvalue weighted by Crippen LogP contribution is 2.50. The molecule has 0 aliphatic heterocycles. The largest absolute Gasteiger partial charge is 0.309 e. The number of nitrogens with zero attached hydrogens (tertiary/aromatic N) is 1. The predicted octanol–water partition coefficient (Wildman–Crippen LogP) is 15.0. The van der Waals surface area contributed by atoms with Gasteiger partial charge in [0.25, 0.3) is 0 Å². The molecule has 1 heterocycles. The van der Waals surface area contributed by atoms with Gasteiger partial charge in [-0.15, -0.1) is 11.3 Å². The molecule has 0 saturated carbocycles. The summed E-state index contributed by atoms with van der Waals surface area (Å²) in [5.74, 6) is 0. The summed E-state index contributed by atoms with van der Waals surface area (Å²) in [6.45, 7) is 6.95. The molecular weight excluding hydrogens is 647 g/mol. The Labute approximate surface area is 310 Å². The molecule has 9 rings (SSSR count). The smallest absolute Gasteiger partial charge is 0.0555 e. The van der Waals surface area contributed by atoms with E-state index in [4.69, 9.17) is 0 Å². The second-order valence-corrected chi connectivity index (χ2v) is 15.6. The van der Waals surface area contributed by atoms with Gasteiger partial charge in [0.15, 0.2) is 0 Å². The Bertz CT molecular complexity index is 2710. The molecule has 0 fully saturated rings. The Morgan fingerprint density at radius 2 is 0.981 bits per heavy atom. The molecule has 9 aromatic rings. The van der Waals surface area contributed by atoms with Crippen molar-refractivity contribution >= 4 is 59.3 Å². The zero-order chi connectivity index (χ0) is 35.2. The molecule has 8 aromatic carbocycles. The average molecular weight is 686 g/mol. The predicted molar refractivity (Wildman–Crippen MR) is 227 cm³/mol. The van der Waals surface area contributed by atoms with Crippen molar-refractivity contribution < 1.29 is 0 Å². The molecule has 0 bridgehead atoms. The molecule has 0 saturated heterocycles. The highest BCUT2D eigenvalue weighted by Gasteiger charge is 2.27. The highest BCUT2D eigenvalue weighted by molar-refractivity contribution is 7.26. The number of para-hydroxylation sites is 2. The molecular formula is C50H39NS. The van der Waals surface area contributed by atoms with Gasteiger partial charge in [-0.2, -0.15) is 0 Å². The fraction of sp³-hybridized carbons (Fsp3) is 0.0800. The van der Waals surface area contributed by atoms with Crippen LogP contribution in [0.5, 0.6) is 0 Å². The van der Waals surface area contributed by atoms with Gasteiger partial charge in [0, 0.05) is 31.4 Å². The van der Waals surface area contributed by atoms with E-state index in [1.807, 2.05) is 11.3 Å². The standard InChI is InChI=1S/C50H39NS/c1-50(2,3)43-22-10-12-24-45(43)51(44-23-11-9-20-41(44)40-21-13-18-37-17-7-8-19-39(37)40)46-25-14-26-48-49(46)42-33-38(31-32-47(42)52-48)36-29-27-35(28-30-36)34-15-5-4-6-16-34/h4-33H,1-3H3. The molecule has 1 nitrogen and oxygen atoms in total. The minimum Gasteiger partial charge on any atom is -0.309 e. The molecule has 1 aromatic heterocycles. The Morgan fingerprint density at radius 3 is 1.79 bits per heavy atom. The first kappa shape index (κ1) is 32.0. The number of thiophene rings is 1. The maximum Gasteiger partial charge on any atom is 0.0555 e. The number of hydrogen-bond donors (Lipinski definition) is 0. The van der Waals surface area contributed by atoms with Crippen LogP contribution in [0.25, 0.3) is 64.3 Å². The van der Waals surface area contributed by atoms with Crippen LogP contribution in [0.15, 0.2) is 182 Å². The average Bonchev–Trinajstić information content (AvgIpc) is 3.57. The van der Waals surface area contributed by atoms with Gasteiger partial charge in [-0.25, -0.2) is 0 Å². The molecule has 250 valence electrons. The first-order valence-corrected chi connectivity index (χ1v) is 18.8. The Kier molecular flexibility index (Phi) is 7.98. The van der Waals surface area contributed by atoms with E-state index in [0.717, 1.165) is 5.69 Å². The van der Waals surface area contributed by atoms with Gasteiger partial charge in [-0.3, -0.25) is 0 Å². The molecule has 0 spiro atoms. The zero-order valence-electron chi connectivity index (χ0n) is 29.7. The number of anilines is 3. The third-order valence-electron chi connectivity index (χ3n) is 10.2. The van der Waals surface area contributed by atoms with Gasteiger partial charge in [0.05, 0.1) is 11.4 Å². The lowest BCUT2D eigenvalue weighted by Gasteiger charge is -2.33. The highest BCUT2D eigenvalue weighted by atomic mass is 32.1. The van der Waals surface area contributed by atoms with Crippen LogP contribution >= 0.6 is 11.3 Å². The number of fused-ring (bicyclic) bond motifs is 4. The Hall–Kier alpha value is -5.96. The Morgan fingerprint density at radius 1 is 0.404 bits per heavy atom. The summed E-state index contributed by atoms with van der Waals surface area (Å²) in [4.78, 5) is 2.54. The first-order chi connectivity index (χ1) is 25.4. The van der Waals surface area contributed by atoms with Crippen LogP contribution in [-0.2, 0) is 5.41 Å². The topological polar surface area (TPSA) is 3.24 Å². The summed E-state index contributed by atoms with van der Waals surface area (Å²) < 4.78 is 2.57. The monoisotopic (exact) mass is 685 g/mol. The van der Waals surface area contributed by atoms with Crippen LogP contribution in [0.1, 0.15) is 26.3 Å². The van der Waals surface area contributed by atoms with Crippen LogP contribution in [0.2, 0.25) is 0 Å². The summed E-state index contributed by atoms with van der Waals surface area (Å²) in [5, 5.41) is 5.05. The summed E-state index contributed by atoms with van der Waals surface area (Å²) in [6, 6.07) is 66.7. The van der Waals surface area contributed by atoms with E-state index in [1.165, 1.54) is 81.3 Å².